The predicted octanol–water partition coefficient (Wildman–Crippen LogP) is 20.8. The molecule has 412 valence electrons. The summed E-state index contributed by atoms with van der Waals surface area (Å²) in [5, 5.41) is 23.4. The van der Waals surface area contributed by atoms with Crippen LogP contribution in [-0.4, -0.2) is 34.9 Å². The van der Waals surface area contributed by atoms with E-state index in [0.717, 1.165) is 109 Å². The summed E-state index contributed by atoms with van der Waals surface area (Å²) in [5.74, 6) is -0.0576. The van der Waals surface area contributed by atoms with E-state index < -0.39 is 12.1 Å². The lowest BCUT2D eigenvalue weighted by Crippen LogP contribution is -2.45. The quantitative estimate of drug-likeness (QED) is 0.0420. The first-order chi connectivity index (χ1) is 35.7. The molecule has 0 aromatic carbocycles. The van der Waals surface area contributed by atoms with Crippen molar-refractivity contribution in [2.24, 2.45) is 0 Å². The maximum Gasteiger partial charge on any atom is 0.220 e. The van der Waals surface area contributed by atoms with Crippen molar-refractivity contribution in [1.82, 2.24) is 5.32 Å². The number of aliphatic hydroxyl groups excluding tert-OH is 2. The second-order valence-corrected chi connectivity index (χ2v) is 20.4. The fourth-order valence-electron chi connectivity index (χ4n) is 8.86. The van der Waals surface area contributed by atoms with Gasteiger partial charge in [-0.15, -0.1) is 0 Å². The number of unbranched alkanes of at least 4 members (excludes halogenated alkanes) is 28. The molecule has 2 unspecified atom stereocenters. The van der Waals surface area contributed by atoms with E-state index in [4.69, 9.17) is 0 Å². The summed E-state index contributed by atoms with van der Waals surface area (Å²) in [5.41, 5.74) is 0. The molecule has 1 amide bonds. The van der Waals surface area contributed by atoms with Gasteiger partial charge in [0, 0.05) is 6.42 Å². The van der Waals surface area contributed by atoms with Crippen LogP contribution in [0.3, 0.4) is 0 Å². The molecule has 0 aromatic rings. The largest absolute Gasteiger partial charge is 0.394 e. The van der Waals surface area contributed by atoms with Crippen LogP contribution in [0.2, 0.25) is 0 Å². The molecule has 0 spiro atoms. The van der Waals surface area contributed by atoms with E-state index in [-0.39, 0.29) is 12.5 Å². The van der Waals surface area contributed by atoms with Crippen molar-refractivity contribution in [2.75, 3.05) is 6.61 Å². The normalized spacial score (nSPS) is 13.7. The van der Waals surface area contributed by atoms with Gasteiger partial charge in [0.15, 0.2) is 0 Å². The van der Waals surface area contributed by atoms with Crippen LogP contribution in [0.5, 0.6) is 0 Å². The van der Waals surface area contributed by atoms with E-state index in [1.165, 1.54) is 148 Å². The number of allylic oxidation sites excluding steroid dienone is 20. The van der Waals surface area contributed by atoms with Gasteiger partial charge in [0.05, 0.1) is 18.8 Å². The van der Waals surface area contributed by atoms with Crippen molar-refractivity contribution in [3.63, 3.8) is 0 Å². The number of hydrogen-bond donors (Lipinski definition) is 3. The van der Waals surface area contributed by atoms with Crippen molar-refractivity contribution in [3.8, 4) is 0 Å². The number of rotatable bonds is 55. The minimum absolute atomic E-state index is 0.0576. The number of nitrogens with one attached hydrogen (secondary N) is 1. The van der Waals surface area contributed by atoms with Gasteiger partial charge < -0.3 is 15.5 Å². The Morgan fingerprint density at radius 2 is 0.611 bits per heavy atom. The van der Waals surface area contributed by atoms with Gasteiger partial charge in [0.25, 0.3) is 0 Å². The maximum atomic E-state index is 12.5. The summed E-state index contributed by atoms with van der Waals surface area (Å²) in [6.45, 7) is 4.25. The molecule has 0 radical (unpaired) electrons. The summed E-state index contributed by atoms with van der Waals surface area (Å²) in [6, 6.07) is -0.561. The van der Waals surface area contributed by atoms with Crippen LogP contribution < -0.4 is 5.32 Å². The van der Waals surface area contributed by atoms with Gasteiger partial charge in [-0.2, -0.15) is 0 Å². The molecule has 0 aliphatic rings. The number of carbonyl (C=O) groups excluding carboxylic acids is 1. The zero-order valence-electron chi connectivity index (χ0n) is 47.4. The summed E-state index contributed by atoms with van der Waals surface area (Å²) >= 11 is 0. The van der Waals surface area contributed by atoms with Crippen LogP contribution in [0, 0.1) is 0 Å². The third kappa shape index (κ3) is 57.7. The van der Waals surface area contributed by atoms with E-state index in [1.807, 2.05) is 0 Å². The monoisotopic (exact) mass is 996 g/mol. The van der Waals surface area contributed by atoms with Crippen LogP contribution >= 0.6 is 0 Å². The Morgan fingerprint density at radius 3 is 0.917 bits per heavy atom. The molecule has 0 saturated carbocycles. The lowest BCUT2D eigenvalue weighted by atomic mass is 10.0. The van der Waals surface area contributed by atoms with Gasteiger partial charge in [0.2, 0.25) is 5.91 Å². The van der Waals surface area contributed by atoms with E-state index in [2.05, 4.69) is 141 Å². The SMILES string of the molecule is CC/C=C\C/C=C\C/C=C\C/C=C\C/C=C\C/C=C\C/C=C\C/C=C\C/C=C\C/C=C\CCCCCCC(=O)NC(CO)C(O)CCCCCCCCCCCCCCCCCCCCCCCCCCC. The van der Waals surface area contributed by atoms with Crippen molar-refractivity contribution in [1.29, 1.82) is 0 Å². The molecule has 0 fully saturated rings. The van der Waals surface area contributed by atoms with Crippen LogP contribution in [0.25, 0.3) is 0 Å². The zero-order valence-corrected chi connectivity index (χ0v) is 47.4. The molecule has 0 aliphatic carbocycles. The minimum atomic E-state index is -0.681. The van der Waals surface area contributed by atoms with Crippen molar-refractivity contribution in [3.05, 3.63) is 122 Å². The molecule has 0 aliphatic heterocycles. The Balaban J connectivity index is 3.61. The fraction of sp³-hybridized carbons (Fsp3) is 0.691. The van der Waals surface area contributed by atoms with Gasteiger partial charge >= 0.3 is 0 Å². The smallest absolute Gasteiger partial charge is 0.220 e. The Bertz CT molecular complexity index is 1410. The Hall–Kier alpha value is -3.21. The molecule has 0 aromatic heterocycles. The number of aliphatic hydroxyl groups is 2. The maximum absolute atomic E-state index is 12.5. The average Bonchev–Trinajstić information content (AvgIpc) is 3.39. The number of amides is 1. The van der Waals surface area contributed by atoms with Crippen LogP contribution in [-0.2, 0) is 4.79 Å². The van der Waals surface area contributed by atoms with Crippen LogP contribution in [0.1, 0.15) is 284 Å². The van der Waals surface area contributed by atoms with Crippen molar-refractivity contribution < 1.29 is 15.0 Å². The molecule has 0 rings (SSSR count). The Morgan fingerprint density at radius 1 is 0.347 bits per heavy atom. The van der Waals surface area contributed by atoms with Crippen LogP contribution in [0.4, 0.5) is 0 Å². The first-order valence-electron chi connectivity index (χ1n) is 30.7. The highest BCUT2D eigenvalue weighted by atomic mass is 16.3. The van der Waals surface area contributed by atoms with Gasteiger partial charge in [0.1, 0.15) is 0 Å². The van der Waals surface area contributed by atoms with E-state index in [9.17, 15) is 15.0 Å². The van der Waals surface area contributed by atoms with E-state index in [1.54, 1.807) is 0 Å². The molecule has 0 heterocycles. The first-order valence-corrected chi connectivity index (χ1v) is 30.7. The molecule has 4 nitrogen and oxygen atoms in total. The van der Waals surface area contributed by atoms with E-state index >= 15 is 0 Å². The van der Waals surface area contributed by atoms with Crippen molar-refractivity contribution >= 4 is 5.91 Å². The van der Waals surface area contributed by atoms with E-state index in [0.29, 0.717) is 12.8 Å². The molecular weight excluding hydrogens is 879 g/mol. The lowest BCUT2D eigenvalue weighted by Gasteiger charge is -2.22. The molecule has 72 heavy (non-hydrogen) atoms. The molecule has 0 bridgehead atoms. The summed E-state index contributed by atoms with van der Waals surface area (Å²) in [6.07, 6.45) is 94.8. The highest BCUT2D eigenvalue weighted by Crippen LogP contribution is 2.17. The fourth-order valence-corrected chi connectivity index (χ4v) is 8.86. The third-order valence-electron chi connectivity index (χ3n) is 13.5. The standard InChI is InChI=1S/C68H117NO3/c1-3-5-7-9-11-13-15-17-19-21-23-25-27-29-30-31-32-33-34-35-36-37-38-40-42-44-46-48-50-52-54-56-58-60-62-64-68(72)69-66(65-70)67(71)63-61-59-57-55-53-51-49-47-45-43-41-39-28-26-24-22-20-18-16-14-12-10-8-6-4-2/h5,7,11,13,17,19,23,25,29-30,32-33,35-36,38,40,44,46,50,52,66-67,70-71H,3-4,6,8-10,12,14-16,18,20-22,24,26-28,31,34,37,39,41-43,45,47-49,51,53-65H2,1-2H3,(H,69,72)/b7-5-,13-11-,19-17-,25-23-,30-29-,33-32-,36-35-,40-38-,46-44-,52-50-. The van der Waals surface area contributed by atoms with Gasteiger partial charge in [-0.25, -0.2) is 0 Å². The minimum Gasteiger partial charge on any atom is -0.394 e. The van der Waals surface area contributed by atoms with Gasteiger partial charge in [-0.3, -0.25) is 4.79 Å². The highest BCUT2D eigenvalue weighted by molar-refractivity contribution is 5.76. The molecule has 2 atom stereocenters. The lowest BCUT2D eigenvalue weighted by molar-refractivity contribution is -0.123. The second kappa shape index (κ2) is 62.1. The zero-order chi connectivity index (χ0) is 52.0. The number of hydrogen-bond acceptors (Lipinski definition) is 3. The second-order valence-electron chi connectivity index (χ2n) is 20.4. The summed E-state index contributed by atoms with van der Waals surface area (Å²) in [7, 11) is 0. The van der Waals surface area contributed by atoms with Gasteiger partial charge in [-0.05, 0) is 89.9 Å². The number of carbonyl (C=O) groups is 1. The average molecular weight is 997 g/mol. The van der Waals surface area contributed by atoms with Gasteiger partial charge in [-0.1, -0.05) is 309 Å². The third-order valence-corrected chi connectivity index (χ3v) is 13.5. The van der Waals surface area contributed by atoms with Crippen molar-refractivity contribution in [2.45, 2.75) is 296 Å². The molecular formula is C68H117NO3. The Labute approximate surface area is 448 Å². The topological polar surface area (TPSA) is 69.6 Å². The molecule has 3 N–H and O–H groups in total. The first kappa shape index (κ1) is 68.8. The summed E-state index contributed by atoms with van der Waals surface area (Å²) in [4.78, 5) is 12.5. The highest BCUT2D eigenvalue weighted by Gasteiger charge is 2.20. The predicted molar refractivity (Wildman–Crippen MR) is 322 cm³/mol. The van der Waals surface area contributed by atoms with Crippen LogP contribution in [0.15, 0.2) is 122 Å². The molecule has 0 saturated heterocycles. The molecule has 4 heteroatoms. The summed E-state index contributed by atoms with van der Waals surface area (Å²) < 4.78 is 0. The Kier molecular flexibility index (Phi) is 59.3.